The number of hydrogen-bond donors (Lipinski definition) is 0. The zero-order valence-corrected chi connectivity index (χ0v) is 13.1. The summed E-state index contributed by atoms with van der Waals surface area (Å²) in [4.78, 5) is 11.4. The van der Waals surface area contributed by atoms with E-state index in [4.69, 9.17) is 20.8 Å². The first-order valence-corrected chi connectivity index (χ1v) is 7.34. The summed E-state index contributed by atoms with van der Waals surface area (Å²) in [5, 5.41) is -0.116. The van der Waals surface area contributed by atoms with Crippen molar-refractivity contribution in [2.24, 2.45) is 0 Å². The number of ether oxygens (including phenoxy) is 1. The van der Waals surface area contributed by atoms with Crippen molar-refractivity contribution in [2.75, 3.05) is 0 Å². The molecule has 2 aromatic carbocycles. The van der Waals surface area contributed by atoms with Gasteiger partial charge in [0.1, 0.15) is 23.8 Å². The molecule has 0 aliphatic carbocycles. The second kappa shape index (κ2) is 6.40. The normalized spacial score (nSPS) is 11.7. The van der Waals surface area contributed by atoms with Crippen LogP contribution in [0.3, 0.4) is 0 Å². The van der Waals surface area contributed by atoms with Gasteiger partial charge in [0.25, 0.3) is 0 Å². The zero-order valence-electron chi connectivity index (χ0n) is 12.4. The monoisotopic (exact) mass is 372 g/mol. The fraction of sp³-hybridized carbons (Fsp3) is 0.118. The molecule has 0 radical (unpaired) electrons. The Kier molecular flexibility index (Phi) is 4.43. The lowest BCUT2D eigenvalue weighted by molar-refractivity contribution is -0.136. The first-order chi connectivity index (χ1) is 11.8. The highest BCUT2D eigenvalue weighted by Gasteiger charge is 2.33. The maximum Gasteiger partial charge on any atom is 0.417 e. The average molecular weight is 373 g/mol. The first kappa shape index (κ1) is 17.3. The molecule has 0 saturated heterocycles. The van der Waals surface area contributed by atoms with Crippen molar-refractivity contribution in [1.29, 1.82) is 0 Å². The maximum atomic E-state index is 13.7. The largest absolute Gasteiger partial charge is 0.489 e. The van der Waals surface area contributed by atoms with Gasteiger partial charge in [-0.3, -0.25) is 0 Å². The Bertz CT molecular complexity index is 975. The molecule has 8 heteroatoms. The van der Waals surface area contributed by atoms with Gasteiger partial charge < -0.3 is 9.15 Å². The number of halogens is 5. The van der Waals surface area contributed by atoms with E-state index in [1.54, 1.807) is 0 Å². The van der Waals surface area contributed by atoms with Gasteiger partial charge in [0.15, 0.2) is 0 Å². The van der Waals surface area contributed by atoms with Crippen LogP contribution in [0.2, 0.25) is 5.02 Å². The molecule has 0 fully saturated rings. The topological polar surface area (TPSA) is 39.4 Å². The minimum atomic E-state index is -4.70. The highest BCUT2D eigenvalue weighted by atomic mass is 35.5. The summed E-state index contributed by atoms with van der Waals surface area (Å²) < 4.78 is 62.8. The van der Waals surface area contributed by atoms with Crippen molar-refractivity contribution in [1.82, 2.24) is 0 Å². The van der Waals surface area contributed by atoms with E-state index in [-0.39, 0.29) is 33.9 Å². The molecule has 0 unspecified atom stereocenters. The predicted molar refractivity (Wildman–Crippen MR) is 83.2 cm³/mol. The SMILES string of the molecule is O=c1cc(C(F)(F)F)c2ccc(OCc3c(F)cccc3Cl)cc2o1. The Morgan fingerprint density at radius 3 is 2.56 bits per heavy atom. The van der Waals surface area contributed by atoms with Gasteiger partial charge in [-0.05, 0) is 24.3 Å². The summed E-state index contributed by atoms with van der Waals surface area (Å²) in [5.74, 6) is -0.464. The van der Waals surface area contributed by atoms with Crippen LogP contribution in [0.1, 0.15) is 11.1 Å². The van der Waals surface area contributed by atoms with E-state index in [1.165, 1.54) is 24.3 Å². The lowest BCUT2D eigenvalue weighted by Gasteiger charge is -2.11. The molecule has 0 bridgehead atoms. The molecule has 0 N–H and O–H groups in total. The highest BCUT2D eigenvalue weighted by Crippen LogP contribution is 2.35. The average Bonchev–Trinajstić information content (AvgIpc) is 2.52. The summed E-state index contributed by atoms with van der Waals surface area (Å²) in [7, 11) is 0. The van der Waals surface area contributed by atoms with E-state index < -0.39 is 23.2 Å². The van der Waals surface area contributed by atoms with Crippen molar-refractivity contribution in [3.8, 4) is 5.75 Å². The van der Waals surface area contributed by atoms with Gasteiger partial charge in [-0.25, -0.2) is 9.18 Å². The van der Waals surface area contributed by atoms with Crippen LogP contribution in [0.15, 0.2) is 51.7 Å². The molecule has 3 nitrogen and oxygen atoms in total. The number of benzene rings is 2. The van der Waals surface area contributed by atoms with Gasteiger partial charge in [0.05, 0.1) is 10.6 Å². The third kappa shape index (κ3) is 3.61. The molecule has 25 heavy (non-hydrogen) atoms. The van der Waals surface area contributed by atoms with Crippen LogP contribution in [0.25, 0.3) is 11.0 Å². The quantitative estimate of drug-likeness (QED) is 0.469. The van der Waals surface area contributed by atoms with E-state index in [0.717, 1.165) is 12.1 Å². The van der Waals surface area contributed by atoms with E-state index in [2.05, 4.69) is 0 Å². The molecule has 0 amide bonds. The summed E-state index contributed by atoms with van der Waals surface area (Å²) in [6, 6.07) is 8.05. The fourth-order valence-electron chi connectivity index (χ4n) is 2.29. The fourth-order valence-corrected chi connectivity index (χ4v) is 2.51. The Balaban J connectivity index is 1.96. The van der Waals surface area contributed by atoms with Crippen LogP contribution in [0.5, 0.6) is 5.75 Å². The van der Waals surface area contributed by atoms with Crippen LogP contribution in [0, 0.1) is 5.82 Å². The van der Waals surface area contributed by atoms with Crippen LogP contribution < -0.4 is 10.4 Å². The molecule has 0 spiro atoms. The molecular formula is C17H9ClF4O3. The zero-order chi connectivity index (χ0) is 18.2. The number of rotatable bonds is 3. The second-order valence-corrected chi connectivity index (χ2v) is 5.53. The van der Waals surface area contributed by atoms with Crippen molar-refractivity contribution in [3.63, 3.8) is 0 Å². The molecule has 0 saturated carbocycles. The van der Waals surface area contributed by atoms with Gasteiger partial charge in [0.2, 0.25) is 0 Å². The molecule has 3 aromatic rings. The predicted octanol–water partition coefficient (Wildman–Crippen LogP) is 5.18. The van der Waals surface area contributed by atoms with E-state index >= 15 is 0 Å². The van der Waals surface area contributed by atoms with Gasteiger partial charge >= 0.3 is 11.8 Å². The van der Waals surface area contributed by atoms with Crippen molar-refractivity contribution >= 4 is 22.6 Å². The summed E-state index contributed by atoms with van der Waals surface area (Å²) in [6.45, 7) is -0.236. The second-order valence-electron chi connectivity index (χ2n) is 5.12. The Morgan fingerprint density at radius 1 is 1.12 bits per heavy atom. The molecule has 130 valence electrons. The van der Waals surface area contributed by atoms with Gasteiger partial charge in [0, 0.05) is 23.1 Å². The molecule has 3 rings (SSSR count). The number of fused-ring (bicyclic) bond motifs is 1. The molecule has 0 atom stereocenters. The van der Waals surface area contributed by atoms with E-state index in [9.17, 15) is 22.4 Å². The van der Waals surface area contributed by atoms with Crippen LogP contribution in [0.4, 0.5) is 17.6 Å². The van der Waals surface area contributed by atoms with Crippen LogP contribution in [-0.2, 0) is 12.8 Å². The van der Waals surface area contributed by atoms with Gasteiger partial charge in [-0.1, -0.05) is 17.7 Å². The Morgan fingerprint density at radius 2 is 1.88 bits per heavy atom. The maximum absolute atomic E-state index is 13.7. The van der Waals surface area contributed by atoms with Gasteiger partial charge in [-0.2, -0.15) is 13.2 Å². The van der Waals surface area contributed by atoms with E-state index in [1.807, 2.05) is 0 Å². The smallest absolute Gasteiger partial charge is 0.417 e. The van der Waals surface area contributed by atoms with Crippen molar-refractivity contribution < 1.29 is 26.7 Å². The lowest BCUT2D eigenvalue weighted by atomic mass is 10.1. The van der Waals surface area contributed by atoms with Crippen LogP contribution in [-0.4, -0.2) is 0 Å². The summed E-state index contributed by atoms with van der Waals surface area (Å²) in [5.41, 5.74) is -2.40. The Hall–Kier alpha value is -2.54. The standard InChI is InChI=1S/C17H9ClF4O3/c18-13-2-1-3-14(19)11(13)8-24-9-4-5-10-12(17(20,21)22)7-16(23)25-15(10)6-9/h1-7H,8H2. The number of hydrogen-bond acceptors (Lipinski definition) is 3. The minimum Gasteiger partial charge on any atom is -0.489 e. The first-order valence-electron chi connectivity index (χ1n) is 6.96. The third-order valence-corrected chi connectivity index (χ3v) is 3.82. The minimum absolute atomic E-state index is 0.106. The van der Waals surface area contributed by atoms with E-state index in [0.29, 0.717) is 6.07 Å². The van der Waals surface area contributed by atoms with Crippen LogP contribution >= 0.6 is 11.6 Å². The lowest BCUT2D eigenvalue weighted by Crippen LogP contribution is -2.11. The van der Waals surface area contributed by atoms with Crippen molar-refractivity contribution in [3.05, 3.63) is 74.9 Å². The molecule has 0 aliphatic heterocycles. The molecule has 0 aliphatic rings. The summed E-state index contributed by atoms with van der Waals surface area (Å²) in [6.07, 6.45) is -4.70. The molecule has 1 heterocycles. The van der Waals surface area contributed by atoms with Gasteiger partial charge in [-0.15, -0.1) is 0 Å². The third-order valence-electron chi connectivity index (χ3n) is 3.47. The summed E-state index contributed by atoms with van der Waals surface area (Å²) >= 11 is 5.88. The molecule has 1 aromatic heterocycles. The number of alkyl halides is 3. The molecular weight excluding hydrogens is 364 g/mol. The van der Waals surface area contributed by atoms with Crippen molar-refractivity contribution in [2.45, 2.75) is 12.8 Å². The highest BCUT2D eigenvalue weighted by molar-refractivity contribution is 6.31. The Labute approximate surface area is 143 Å².